The minimum absolute atomic E-state index is 0.0858. The van der Waals surface area contributed by atoms with E-state index in [2.05, 4.69) is 30.2 Å². The molecule has 0 amide bonds. The molecule has 3 aromatic rings. The molecule has 3 heterocycles. The molecule has 37 heavy (non-hydrogen) atoms. The highest BCUT2D eigenvalue weighted by Gasteiger charge is 2.50. The van der Waals surface area contributed by atoms with Crippen LogP contribution in [0.4, 0.5) is 33.7 Å². The number of benzene rings is 1. The van der Waals surface area contributed by atoms with Gasteiger partial charge in [0.2, 0.25) is 11.9 Å². The van der Waals surface area contributed by atoms with Crippen LogP contribution in [0.1, 0.15) is 42.8 Å². The van der Waals surface area contributed by atoms with Gasteiger partial charge in [-0.3, -0.25) is 10.3 Å². The van der Waals surface area contributed by atoms with Crippen LogP contribution >= 0.6 is 0 Å². The standard InChI is InChI=1S/C24H29F5N8/c1-13-12-36(8-9-37(13)21-18-20(32-22(33-21)34-30)35(3)14(2)31-18)19(16-10-23(25,26)11-16)15-4-6-17(7-5-15)24(27,28)29/h4-7,13,16,19H,8-12,30H2,1-3H3,(H,32,33,34). The van der Waals surface area contributed by atoms with Crippen molar-refractivity contribution in [1.82, 2.24) is 24.4 Å². The van der Waals surface area contributed by atoms with Crippen LogP contribution in [0.3, 0.4) is 0 Å². The van der Waals surface area contributed by atoms with E-state index in [1.165, 1.54) is 12.1 Å². The second-order valence-electron chi connectivity index (χ2n) is 10.0. The van der Waals surface area contributed by atoms with Gasteiger partial charge in [-0.05, 0) is 37.5 Å². The number of alkyl halides is 5. The van der Waals surface area contributed by atoms with Gasteiger partial charge >= 0.3 is 6.18 Å². The number of halogens is 5. The molecule has 1 aromatic carbocycles. The number of aryl methyl sites for hydroxylation is 2. The summed E-state index contributed by atoms with van der Waals surface area (Å²) in [5.74, 6) is 4.16. The van der Waals surface area contributed by atoms with Crippen molar-refractivity contribution < 1.29 is 22.0 Å². The summed E-state index contributed by atoms with van der Waals surface area (Å²) in [5.41, 5.74) is 3.63. The third-order valence-corrected chi connectivity index (χ3v) is 7.53. The van der Waals surface area contributed by atoms with Crippen molar-refractivity contribution in [2.45, 2.75) is 50.9 Å². The molecule has 13 heteroatoms. The molecule has 2 atom stereocenters. The summed E-state index contributed by atoms with van der Waals surface area (Å²) < 4.78 is 68.9. The molecule has 2 aromatic heterocycles. The monoisotopic (exact) mass is 524 g/mol. The molecule has 1 saturated carbocycles. The van der Waals surface area contributed by atoms with Gasteiger partial charge in [-0.15, -0.1) is 0 Å². The lowest BCUT2D eigenvalue weighted by atomic mass is 9.73. The number of nitrogen functional groups attached to an aromatic ring is 1. The van der Waals surface area contributed by atoms with Crippen molar-refractivity contribution >= 4 is 22.9 Å². The van der Waals surface area contributed by atoms with E-state index in [4.69, 9.17) is 5.84 Å². The lowest BCUT2D eigenvalue weighted by Crippen LogP contribution is -2.56. The van der Waals surface area contributed by atoms with Crippen LogP contribution in [0.2, 0.25) is 0 Å². The zero-order valence-electron chi connectivity index (χ0n) is 20.7. The molecule has 1 aliphatic heterocycles. The molecular formula is C24H29F5N8. The predicted octanol–water partition coefficient (Wildman–Crippen LogP) is 4.27. The Morgan fingerprint density at radius 1 is 1.08 bits per heavy atom. The summed E-state index contributed by atoms with van der Waals surface area (Å²) in [5, 5.41) is 0. The minimum Gasteiger partial charge on any atom is -0.349 e. The van der Waals surface area contributed by atoms with Gasteiger partial charge in [-0.2, -0.15) is 23.1 Å². The van der Waals surface area contributed by atoms with Crippen molar-refractivity contribution in [3.8, 4) is 0 Å². The quantitative estimate of drug-likeness (QED) is 0.293. The van der Waals surface area contributed by atoms with Gasteiger partial charge in [0.05, 0.1) is 5.56 Å². The van der Waals surface area contributed by atoms with E-state index in [9.17, 15) is 22.0 Å². The molecular weight excluding hydrogens is 495 g/mol. The van der Waals surface area contributed by atoms with Crippen molar-refractivity contribution in [1.29, 1.82) is 0 Å². The Labute approximate surface area is 210 Å². The zero-order chi connectivity index (χ0) is 26.7. The van der Waals surface area contributed by atoms with Crippen LogP contribution in [-0.4, -0.2) is 56.0 Å². The molecule has 8 nitrogen and oxygen atoms in total. The zero-order valence-corrected chi connectivity index (χ0v) is 20.7. The number of nitrogens with one attached hydrogen (secondary N) is 1. The van der Waals surface area contributed by atoms with Crippen LogP contribution < -0.4 is 16.2 Å². The van der Waals surface area contributed by atoms with Crippen LogP contribution in [0, 0.1) is 12.8 Å². The van der Waals surface area contributed by atoms with E-state index in [0.29, 0.717) is 42.2 Å². The second kappa shape index (κ2) is 9.05. The molecule has 2 unspecified atom stereocenters. The molecule has 1 aliphatic carbocycles. The molecule has 0 spiro atoms. The summed E-state index contributed by atoms with van der Waals surface area (Å²) in [6, 6.07) is 4.41. The number of aromatic nitrogens is 4. The van der Waals surface area contributed by atoms with Gasteiger partial charge in [0.25, 0.3) is 0 Å². The maximum Gasteiger partial charge on any atom is 0.416 e. The summed E-state index contributed by atoms with van der Waals surface area (Å²) in [6.45, 7) is 5.42. The molecule has 0 bridgehead atoms. The highest BCUT2D eigenvalue weighted by molar-refractivity contribution is 5.85. The summed E-state index contributed by atoms with van der Waals surface area (Å²) in [6.07, 6.45) is -5.02. The number of anilines is 2. The average molecular weight is 525 g/mol. The van der Waals surface area contributed by atoms with Gasteiger partial charge in [0.15, 0.2) is 17.0 Å². The van der Waals surface area contributed by atoms with Gasteiger partial charge in [0, 0.05) is 51.6 Å². The molecule has 0 radical (unpaired) electrons. The Kier molecular flexibility index (Phi) is 6.26. The number of piperazine rings is 1. The number of rotatable bonds is 5. The normalized spacial score (nSPS) is 21.8. The fourth-order valence-corrected chi connectivity index (χ4v) is 5.55. The fourth-order valence-electron chi connectivity index (χ4n) is 5.55. The lowest BCUT2D eigenvalue weighted by Gasteiger charge is -2.49. The Hall–Kier alpha value is -3.06. The second-order valence-corrected chi connectivity index (χ2v) is 10.0. The summed E-state index contributed by atoms with van der Waals surface area (Å²) >= 11 is 0. The van der Waals surface area contributed by atoms with Crippen LogP contribution in [0.15, 0.2) is 24.3 Å². The van der Waals surface area contributed by atoms with E-state index in [1.807, 2.05) is 25.5 Å². The topological polar surface area (TPSA) is 88.1 Å². The fraction of sp³-hybridized carbons (Fsp3) is 0.542. The molecule has 2 aliphatic rings. The minimum atomic E-state index is -4.46. The number of hydrogen-bond donors (Lipinski definition) is 2. The van der Waals surface area contributed by atoms with Gasteiger partial charge in [0.1, 0.15) is 5.82 Å². The Morgan fingerprint density at radius 3 is 2.32 bits per heavy atom. The molecule has 200 valence electrons. The largest absolute Gasteiger partial charge is 0.416 e. The molecule has 5 rings (SSSR count). The number of nitrogens with zero attached hydrogens (tertiary/aromatic N) is 6. The number of imidazole rings is 1. The number of hydrazine groups is 1. The first-order chi connectivity index (χ1) is 17.4. The highest BCUT2D eigenvalue weighted by Crippen LogP contribution is 2.51. The van der Waals surface area contributed by atoms with Gasteiger partial charge in [-0.1, -0.05) is 12.1 Å². The van der Waals surface area contributed by atoms with Crippen LogP contribution in [-0.2, 0) is 13.2 Å². The number of fused-ring (bicyclic) bond motifs is 1. The van der Waals surface area contributed by atoms with Crippen molar-refractivity contribution in [2.75, 3.05) is 30.0 Å². The summed E-state index contributed by atoms with van der Waals surface area (Å²) in [4.78, 5) is 17.8. The van der Waals surface area contributed by atoms with E-state index in [0.717, 1.165) is 18.0 Å². The molecule has 2 fully saturated rings. The Balaban J connectivity index is 1.43. The highest BCUT2D eigenvalue weighted by atomic mass is 19.4. The smallest absolute Gasteiger partial charge is 0.349 e. The number of hydrogen-bond acceptors (Lipinski definition) is 7. The van der Waals surface area contributed by atoms with E-state index >= 15 is 0 Å². The first kappa shape index (κ1) is 25.6. The van der Waals surface area contributed by atoms with Crippen LogP contribution in [0.25, 0.3) is 11.2 Å². The van der Waals surface area contributed by atoms with E-state index in [-0.39, 0.29) is 30.7 Å². The third-order valence-electron chi connectivity index (χ3n) is 7.53. The summed E-state index contributed by atoms with van der Waals surface area (Å²) in [7, 11) is 1.85. The van der Waals surface area contributed by atoms with Crippen LogP contribution in [0.5, 0.6) is 0 Å². The first-order valence-electron chi connectivity index (χ1n) is 12.1. The SMILES string of the molecule is Cc1nc2c(N3CCN(C(c4ccc(C(F)(F)F)cc4)C4CC(F)(F)C4)CC3C)nc(NN)nc2n1C. The molecule has 3 N–H and O–H groups in total. The first-order valence-corrected chi connectivity index (χ1v) is 12.1. The van der Waals surface area contributed by atoms with E-state index in [1.54, 1.807) is 0 Å². The Bertz CT molecular complexity index is 1280. The lowest BCUT2D eigenvalue weighted by molar-refractivity contribution is -0.137. The Morgan fingerprint density at radius 2 is 1.76 bits per heavy atom. The van der Waals surface area contributed by atoms with Crippen molar-refractivity contribution in [3.05, 3.63) is 41.2 Å². The molecule has 1 saturated heterocycles. The predicted molar refractivity (Wildman–Crippen MR) is 129 cm³/mol. The maximum absolute atomic E-state index is 13.9. The third kappa shape index (κ3) is 4.70. The maximum atomic E-state index is 13.9. The van der Waals surface area contributed by atoms with Crippen molar-refractivity contribution in [3.63, 3.8) is 0 Å². The number of nitrogens with two attached hydrogens (primary N) is 1. The van der Waals surface area contributed by atoms with Gasteiger partial charge in [-0.25, -0.2) is 19.6 Å². The van der Waals surface area contributed by atoms with E-state index < -0.39 is 23.7 Å². The van der Waals surface area contributed by atoms with Crippen molar-refractivity contribution in [2.24, 2.45) is 18.8 Å². The van der Waals surface area contributed by atoms with Gasteiger partial charge < -0.3 is 9.47 Å². The average Bonchev–Trinajstić information content (AvgIpc) is 3.11.